The third-order valence-corrected chi connectivity index (χ3v) is 2.84. The van der Waals surface area contributed by atoms with Crippen LogP contribution < -0.4 is 5.32 Å². The summed E-state index contributed by atoms with van der Waals surface area (Å²) >= 11 is 1.63. The van der Waals surface area contributed by atoms with Crippen LogP contribution >= 0.6 is 11.3 Å². The van der Waals surface area contributed by atoms with Crippen molar-refractivity contribution in [2.24, 2.45) is 0 Å². The third kappa shape index (κ3) is 2.21. The topological polar surface area (TPSA) is 44.9 Å². The van der Waals surface area contributed by atoms with Gasteiger partial charge in [-0.3, -0.25) is 4.79 Å². The molecular weight excluding hydrogens is 208 g/mol. The van der Waals surface area contributed by atoms with Gasteiger partial charge in [0.05, 0.1) is 10.2 Å². The molecule has 0 aromatic carbocycles. The van der Waals surface area contributed by atoms with Gasteiger partial charge in [0.15, 0.2) is 0 Å². The van der Waals surface area contributed by atoms with Crippen LogP contribution in [-0.4, -0.2) is 16.4 Å². The van der Waals surface area contributed by atoms with Gasteiger partial charge in [-0.25, -0.2) is 0 Å². The number of rotatable bonds is 1. The molecule has 0 spiro atoms. The molecule has 0 atom stereocenters. The van der Waals surface area contributed by atoms with Gasteiger partial charge in [-0.1, -0.05) is 0 Å². The highest BCUT2D eigenvalue weighted by molar-refractivity contribution is 7.17. The summed E-state index contributed by atoms with van der Waals surface area (Å²) in [6, 6.07) is 3.87. The van der Waals surface area contributed by atoms with E-state index in [4.69, 9.17) is 0 Å². The summed E-state index contributed by atoms with van der Waals surface area (Å²) in [5.41, 5.74) is 1.46. The zero-order valence-corrected chi connectivity index (χ0v) is 9.87. The summed E-state index contributed by atoms with van der Waals surface area (Å²) < 4.78 is 1.12. The number of hydrogen-bond acceptors (Lipinski definition) is 2. The molecule has 4 heteroatoms. The van der Waals surface area contributed by atoms with Crippen LogP contribution in [0.3, 0.4) is 0 Å². The molecule has 0 saturated heterocycles. The molecule has 0 fully saturated rings. The maximum absolute atomic E-state index is 11.8. The number of aromatic amines is 1. The van der Waals surface area contributed by atoms with Crippen LogP contribution in [0.2, 0.25) is 0 Å². The molecular formula is C11H14N2OS. The Morgan fingerprint density at radius 2 is 2.20 bits per heavy atom. The van der Waals surface area contributed by atoms with E-state index >= 15 is 0 Å². The van der Waals surface area contributed by atoms with E-state index in [0.29, 0.717) is 5.69 Å². The Balaban J connectivity index is 2.24. The van der Waals surface area contributed by atoms with Crippen molar-refractivity contribution in [1.82, 2.24) is 10.3 Å². The first-order valence-corrected chi connectivity index (χ1v) is 5.72. The van der Waals surface area contributed by atoms with Crippen LogP contribution in [0.1, 0.15) is 31.3 Å². The van der Waals surface area contributed by atoms with E-state index in [1.165, 1.54) is 0 Å². The Labute approximate surface area is 92.5 Å². The van der Waals surface area contributed by atoms with E-state index in [2.05, 4.69) is 10.3 Å². The summed E-state index contributed by atoms with van der Waals surface area (Å²) in [5.74, 6) is -0.0501. The second-order valence-electron chi connectivity index (χ2n) is 4.59. The normalized spacial score (nSPS) is 11.9. The monoisotopic (exact) mass is 222 g/mol. The predicted molar refractivity (Wildman–Crippen MR) is 63.4 cm³/mol. The third-order valence-electron chi connectivity index (χ3n) is 1.97. The number of H-pyrrole nitrogens is 1. The van der Waals surface area contributed by atoms with Gasteiger partial charge < -0.3 is 10.3 Å². The Morgan fingerprint density at radius 1 is 1.47 bits per heavy atom. The lowest BCUT2D eigenvalue weighted by atomic mass is 10.1. The van der Waals surface area contributed by atoms with Crippen molar-refractivity contribution in [2.45, 2.75) is 26.3 Å². The lowest BCUT2D eigenvalue weighted by Crippen LogP contribution is -2.40. The fraction of sp³-hybridized carbons (Fsp3) is 0.364. The van der Waals surface area contributed by atoms with Crippen LogP contribution in [0.5, 0.6) is 0 Å². The number of aromatic nitrogens is 1. The second-order valence-corrected chi connectivity index (χ2v) is 5.53. The van der Waals surface area contributed by atoms with Crippen LogP contribution in [0.4, 0.5) is 0 Å². The minimum atomic E-state index is -0.199. The Morgan fingerprint density at radius 3 is 2.80 bits per heavy atom. The van der Waals surface area contributed by atoms with Crippen molar-refractivity contribution < 1.29 is 4.79 Å². The SMILES string of the molecule is CC(C)(C)NC(=O)c1cc2sccc2[nH]1. The van der Waals surface area contributed by atoms with E-state index in [9.17, 15) is 4.79 Å². The predicted octanol–water partition coefficient (Wildman–Crippen LogP) is 2.76. The van der Waals surface area contributed by atoms with Gasteiger partial charge in [-0.05, 0) is 38.3 Å². The minimum Gasteiger partial charge on any atom is -0.350 e. The molecule has 0 aliphatic carbocycles. The van der Waals surface area contributed by atoms with E-state index in [0.717, 1.165) is 10.2 Å². The van der Waals surface area contributed by atoms with Crippen molar-refractivity contribution in [2.75, 3.05) is 0 Å². The summed E-state index contributed by atoms with van der Waals surface area (Å²) in [6.45, 7) is 5.91. The molecule has 0 bridgehead atoms. The fourth-order valence-electron chi connectivity index (χ4n) is 1.38. The summed E-state index contributed by atoms with van der Waals surface area (Å²) in [5, 5.41) is 4.93. The zero-order valence-electron chi connectivity index (χ0n) is 9.05. The molecule has 2 heterocycles. The second kappa shape index (κ2) is 3.38. The molecule has 2 rings (SSSR count). The molecule has 0 unspecified atom stereocenters. The van der Waals surface area contributed by atoms with Crippen molar-refractivity contribution in [3.63, 3.8) is 0 Å². The van der Waals surface area contributed by atoms with Crippen LogP contribution in [0, 0.1) is 0 Å². The van der Waals surface area contributed by atoms with Gasteiger partial charge in [-0.2, -0.15) is 0 Å². The molecule has 0 radical (unpaired) electrons. The Hall–Kier alpha value is -1.29. The molecule has 2 N–H and O–H groups in total. The first-order chi connectivity index (χ1) is 6.96. The molecule has 0 saturated carbocycles. The van der Waals surface area contributed by atoms with Gasteiger partial charge in [0.2, 0.25) is 0 Å². The molecule has 80 valence electrons. The van der Waals surface area contributed by atoms with Crippen molar-refractivity contribution in [3.05, 3.63) is 23.2 Å². The molecule has 2 aromatic rings. The van der Waals surface area contributed by atoms with Gasteiger partial charge in [0, 0.05) is 5.54 Å². The maximum Gasteiger partial charge on any atom is 0.268 e. The number of fused-ring (bicyclic) bond motifs is 1. The smallest absolute Gasteiger partial charge is 0.268 e. The highest BCUT2D eigenvalue weighted by Gasteiger charge is 2.16. The molecule has 3 nitrogen and oxygen atoms in total. The van der Waals surface area contributed by atoms with Crippen molar-refractivity contribution >= 4 is 27.5 Å². The maximum atomic E-state index is 11.8. The molecule has 0 aliphatic heterocycles. The van der Waals surface area contributed by atoms with Crippen LogP contribution in [0.15, 0.2) is 17.5 Å². The van der Waals surface area contributed by atoms with Crippen LogP contribution in [0.25, 0.3) is 10.2 Å². The van der Waals surface area contributed by atoms with Crippen molar-refractivity contribution in [1.29, 1.82) is 0 Å². The highest BCUT2D eigenvalue weighted by Crippen LogP contribution is 2.21. The van der Waals surface area contributed by atoms with Crippen molar-refractivity contribution in [3.8, 4) is 0 Å². The minimum absolute atomic E-state index is 0.0501. The van der Waals surface area contributed by atoms with E-state index in [1.54, 1.807) is 11.3 Å². The van der Waals surface area contributed by atoms with E-state index in [-0.39, 0.29) is 11.4 Å². The molecule has 1 amide bonds. The standard InChI is InChI=1S/C11H14N2OS/c1-11(2,3)13-10(14)8-6-9-7(12-8)4-5-15-9/h4-6,12H,1-3H3,(H,13,14). The quantitative estimate of drug-likeness (QED) is 0.765. The first-order valence-electron chi connectivity index (χ1n) is 4.84. The molecule has 0 aliphatic rings. The van der Waals surface area contributed by atoms with Gasteiger partial charge in [-0.15, -0.1) is 11.3 Å². The lowest BCUT2D eigenvalue weighted by molar-refractivity contribution is 0.0915. The molecule has 2 aromatic heterocycles. The molecule has 15 heavy (non-hydrogen) atoms. The first kappa shape index (κ1) is 10.2. The number of hydrogen-bond donors (Lipinski definition) is 2. The Bertz CT molecular complexity index is 461. The number of carbonyl (C=O) groups is 1. The largest absolute Gasteiger partial charge is 0.350 e. The zero-order chi connectivity index (χ0) is 11.1. The van der Waals surface area contributed by atoms with E-state index < -0.39 is 0 Å². The van der Waals surface area contributed by atoms with Gasteiger partial charge in [0.1, 0.15) is 5.69 Å². The fourth-order valence-corrected chi connectivity index (χ4v) is 2.16. The van der Waals surface area contributed by atoms with Gasteiger partial charge >= 0.3 is 0 Å². The van der Waals surface area contributed by atoms with Crippen LogP contribution in [-0.2, 0) is 0 Å². The average molecular weight is 222 g/mol. The lowest BCUT2D eigenvalue weighted by Gasteiger charge is -2.19. The average Bonchev–Trinajstić information content (AvgIpc) is 2.56. The number of carbonyl (C=O) groups excluding carboxylic acids is 1. The number of nitrogens with one attached hydrogen (secondary N) is 2. The number of amides is 1. The highest BCUT2D eigenvalue weighted by atomic mass is 32.1. The van der Waals surface area contributed by atoms with E-state index in [1.807, 2.05) is 38.3 Å². The summed E-state index contributed by atoms with van der Waals surface area (Å²) in [6.07, 6.45) is 0. The summed E-state index contributed by atoms with van der Waals surface area (Å²) in [7, 11) is 0. The Kier molecular flexibility index (Phi) is 2.31. The summed E-state index contributed by atoms with van der Waals surface area (Å²) in [4.78, 5) is 14.9. The number of thiophene rings is 1. The van der Waals surface area contributed by atoms with Gasteiger partial charge in [0.25, 0.3) is 5.91 Å².